The van der Waals surface area contributed by atoms with E-state index >= 15 is 0 Å². The van der Waals surface area contributed by atoms with Crippen LogP contribution in [-0.4, -0.2) is 36.3 Å². The number of anilines is 2. The lowest BCUT2D eigenvalue weighted by Gasteiger charge is -2.37. The summed E-state index contributed by atoms with van der Waals surface area (Å²) < 4.78 is 19.9. The topological polar surface area (TPSA) is 61.8 Å². The van der Waals surface area contributed by atoms with Crippen molar-refractivity contribution < 1.29 is 19.0 Å². The van der Waals surface area contributed by atoms with Gasteiger partial charge in [-0.05, 0) is 26.0 Å². The molecule has 5 nitrogen and oxygen atoms in total. The van der Waals surface area contributed by atoms with Gasteiger partial charge in [0.1, 0.15) is 5.82 Å². The van der Waals surface area contributed by atoms with Crippen LogP contribution in [0.4, 0.5) is 15.8 Å². The number of benzene rings is 1. The minimum Gasteiger partial charge on any atom is -0.378 e. The van der Waals surface area contributed by atoms with Crippen LogP contribution in [-0.2, 0) is 9.53 Å². The Morgan fingerprint density at radius 2 is 2.00 bits per heavy atom. The monoisotopic (exact) mass is 280 g/mol. The van der Waals surface area contributed by atoms with Crippen LogP contribution in [0.1, 0.15) is 25.5 Å². The Labute approximate surface area is 116 Å². The molecule has 1 saturated heterocycles. The zero-order valence-electron chi connectivity index (χ0n) is 11.4. The van der Waals surface area contributed by atoms with Crippen LogP contribution in [0, 0.1) is 5.82 Å². The number of aliphatic hydroxyl groups is 1. The maximum Gasteiger partial charge on any atom is 0.257 e. The third-order valence-electron chi connectivity index (χ3n) is 3.68. The van der Waals surface area contributed by atoms with Gasteiger partial charge in [0.15, 0.2) is 6.10 Å². The molecule has 108 valence electrons. The van der Waals surface area contributed by atoms with E-state index < -0.39 is 17.8 Å². The Morgan fingerprint density at radius 3 is 2.65 bits per heavy atom. The molecule has 3 unspecified atom stereocenters. The number of fused-ring (bicyclic) bond motifs is 1. The summed E-state index contributed by atoms with van der Waals surface area (Å²) in [5.74, 6) is -0.944. The van der Waals surface area contributed by atoms with Crippen molar-refractivity contribution in [2.24, 2.45) is 0 Å². The number of hydrogen-bond donors (Lipinski definition) is 2. The van der Waals surface area contributed by atoms with Crippen molar-refractivity contribution in [3.8, 4) is 0 Å². The number of amides is 1. The molecule has 1 aromatic rings. The van der Waals surface area contributed by atoms with E-state index in [0.29, 0.717) is 30.0 Å². The molecule has 0 saturated carbocycles. The first-order valence-corrected chi connectivity index (χ1v) is 6.68. The SMILES string of the molecule is CC1CN(c2cc3c(cc2F)C(O)C(=O)N3)CC(C)O1. The first-order chi connectivity index (χ1) is 9.45. The second kappa shape index (κ2) is 4.71. The summed E-state index contributed by atoms with van der Waals surface area (Å²) in [4.78, 5) is 13.3. The number of halogens is 1. The van der Waals surface area contributed by atoms with Crippen molar-refractivity contribution in [3.05, 3.63) is 23.5 Å². The van der Waals surface area contributed by atoms with Crippen LogP contribution >= 0.6 is 0 Å². The van der Waals surface area contributed by atoms with Gasteiger partial charge >= 0.3 is 0 Å². The Balaban J connectivity index is 1.95. The molecule has 20 heavy (non-hydrogen) atoms. The van der Waals surface area contributed by atoms with Gasteiger partial charge in [-0.1, -0.05) is 0 Å². The van der Waals surface area contributed by atoms with E-state index in [4.69, 9.17) is 4.74 Å². The van der Waals surface area contributed by atoms with E-state index in [1.807, 2.05) is 18.7 Å². The maximum atomic E-state index is 14.3. The van der Waals surface area contributed by atoms with E-state index in [-0.39, 0.29) is 12.2 Å². The predicted octanol–water partition coefficient (Wildman–Crippen LogP) is 1.42. The van der Waals surface area contributed by atoms with Gasteiger partial charge in [0, 0.05) is 24.3 Å². The Kier molecular flexibility index (Phi) is 3.14. The lowest BCUT2D eigenvalue weighted by atomic mass is 10.1. The number of carbonyl (C=O) groups is 1. The molecule has 3 atom stereocenters. The molecular formula is C14H17FN2O3. The fourth-order valence-corrected chi connectivity index (χ4v) is 2.87. The van der Waals surface area contributed by atoms with Gasteiger partial charge < -0.3 is 20.1 Å². The number of carbonyl (C=O) groups excluding carboxylic acids is 1. The summed E-state index contributed by atoms with van der Waals surface area (Å²) >= 11 is 0. The van der Waals surface area contributed by atoms with Gasteiger partial charge in [-0.2, -0.15) is 0 Å². The number of aliphatic hydroxyl groups excluding tert-OH is 1. The molecule has 0 aromatic heterocycles. The van der Waals surface area contributed by atoms with E-state index in [1.165, 1.54) is 6.07 Å². The number of nitrogens with one attached hydrogen (secondary N) is 1. The number of ether oxygens (including phenoxy) is 1. The second-order valence-corrected chi connectivity index (χ2v) is 5.44. The minimum atomic E-state index is -1.28. The van der Waals surface area contributed by atoms with Gasteiger partial charge in [-0.15, -0.1) is 0 Å². The molecule has 1 fully saturated rings. The van der Waals surface area contributed by atoms with Gasteiger partial charge in [0.25, 0.3) is 5.91 Å². The van der Waals surface area contributed by atoms with Crippen LogP contribution in [0.5, 0.6) is 0 Å². The number of rotatable bonds is 1. The van der Waals surface area contributed by atoms with Crippen LogP contribution in [0.3, 0.4) is 0 Å². The Hall–Kier alpha value is -1.66. The summed E-state index contributed by atoms with van der Waals surface area (Å²) in [7, 11) is 0. The average molecular weight is 280 g/mol. The van der Waals surface area contributed by atoms with Gasteiger partial charge in [0.05, 0.1) is 17.9 Å². The molecule has 2 aliphatic rings. The average Bonchev–Trinajstić information content (AvgIpc) is 2.63. The minimum absolute atomic E-state index is 0.0200. The van der Waals surface area contributed by atoms with Crippen molar-refractivity contribution in [2.45, 2.75) is 32.2 Å². The standard InChI is InChI=1S/C14H17FN2O3/c1-7-5-17(6-8(2)20-7)12-4-11-9(3-10(12)15)13(18)14(19)16-11/h3-4,7-8,13,18H,5-6H2,1-2H3,(H,16,19). The summed E-state index contributed by atoms with van der Waals surface area (Å²) in [5, 5.41) is 12.2. The lowest BCUT2D eigenvalue weighted by molar-refractivity contribution is -0.123. The Morgan fingerprint density at radius 1 is 1.35 bits per heavy atom. The molecule has 0 spiro atoms. The van der Waals surface area contributed by atoms with E-state index in [1.54, 1.807) is 6.07 Å². The molecule has 6 heteroatoms. The molecule has 0 radical (unpaired) electrons. The van der Waals surface area contributed by atoms with Crippen molar-refractivity contribution in [2.75, 3.05) is 23.3 Å². The molecule has 2 heterocycles. The smallest absolute Gasteiger partial charge is 0.257 e. The molecule has 3 rings (SSSR count). The van der Waals surface area contributed by atoms with Crippen LogP contribution in [0.15, 0.2) is 12.1 Å². The third kappa shape index (κ3) is 2.14. The quantitative estimate of drug-likeness (QED) is 0.817. The molecule has 2 N–H and O–H groups in total. The lowest BCUT2D eigenvalue weighted by Crippen LogP contribution is -2.45. The van der Waals surface area contributed by atoms with Crippen LogP contribution in [0.25, 0.3) is 0 Å². The van der Waals surface area contributed by atoms with Gasteiger partial charge in [-0.3, -0.25) is 4.79 Å². The fourth-order valence-electron chi connectivity index (χ4n) is 2.87. The first-order valence-electron chi connectivity index (χ1n) is 6.68. The normalized spacial score (nSPS) is 29.3. The number of hydrogen-bond acceptors (Lipinski definition) is 4. The molecule has 0 bridgehead atoms. The third-order valence-corrected chi connectivity index (χ3v) is 3.68. The number of morpholine rings is 1. The van der Waals surface area contributed by atoms with Gasteiger partial charge in [0.2, 0.25) is 0 Å². The molecule has 1 amide bonds. The second-order valence-electron chi connectivity index (χ2n) is 5.44. The van der Waals surface area contributed by atoms with Crippen molar-refractivity contribution in [3.63, 3.8) is 0 Å². The van der Waals surface area contributed by atoms with E-state index in [9.17, 15) is 14.3 Å². The van der Waals surface area contributed by atoms with Gasteiger partial charge in [-0.25, -0.2) is 4.39 Å². The Bertz CT molecular complexity index is 554. The molecule has 2 aliphatic heterocycles. The maximum absolute atomic E-state index is 14.3. The highest BCUT2D eigenvalue weighted by molar-refractivity contribution is 6.02. The first kappa shape index (κ1) is 13.3. The van der Waals surface area contributed by atoms with Crippen molar-refractivity contribution >= 4 is 17.3 Å². The van der Waals surface area contributed by atoms with Crippen molar-refractivity contribution in [1.29, 1.82) is 0 Å². The molecular weight excluding hydrogens is 263 g/mol. The summed E-state index contributed by atoms with van der Waals surface area (Å²) in [6.45, 7) is 5.08. The van der Waals surface area contributed by atoms with E-state index in [0.717, 1.165) is 0 Å². The molecule has 0 aliphatic carbocycles. The van der Waals surface area contributed by atoms with Crippen LogP contribution in [0.2, 0.25) is 0 Å². The highest BCUT2D eigenvalue weighted by atomic mass is 19.1. The van der Waals surface area contributed by atoms with E-state index in [2.05, 4.69) is 5.32 Å². The van der Waals surface area contributed by atoms with Crippen molar-refractivity contribution in [1.82, 2.24) is 0 Å². The summed E-state index contributed by atoms with van der Waals surface area (Å²) in [5.41, 5.74) is 1.21. The number of nitrogens with zero attached hydrogens (tertiary/aromatic N) is 1. The highest BCUT2D eigenvalue weighted by Crippen LogP contribution is 2.36. The zero-order valence-corrected chi connectivity index (χ0v) is 11.4. The highest BCUT2D eigenvalue weighted by Gasteiger charge is 2.32. The zero-order chi connectivity index (χ0) is 14.4. The summed E-state index contributed by atoms with van der Waals surface area (Å²) in [6, 6.07) is 2.82. The predicted molar refractivity (Wildman–Crippen MR) is 72.2 cm³/mol. The molecule has 1 aromatic carbocycles. The summed E-state index contributed by atoms with van der Waals surface area (Å²) in [6.07, 6.45) is -1.24. The largest absolute Gasteiger partial charge is 0.378 e. The fraction of sp³-hybridized carbons (Fsp3) is 0.500. The van der Waals surface area contributed by atoms with Crippen LogP contribution < -0.4 is 10.2 Å².